The van der Waals surface area contributed by atoms with E-state index in [1.165, 1.54) is 0 Å². The molecule has 0 radical (unpaired) electrons. The number of halogens is 1. The Morgan fingerprint density at radius 1 is 1.00 bits per heavy atom. The van der Waals surface area contributed by atoms with Crippen LogP contribution < -0.4 is 9.47 Å². The summed E-state index contributed by atoms with van der Waals surface area (Å²) >= 11 is 6.18. The summed E-state index contributed by atoms with van der Waals surface area (Å²) in [6.07, 6.45) is 1.79. The molecule has 6 nitrogen and oxygen atoms in total. The highest BCUT2D eigenvalue weighted by Gasteiger charge is 2.23. The lowest BCUT2D eigenvalue weighted by Gasteiger charge is -2.22. The van der Waals surface area contributed by atoms with Crippen molar-refractivity contribution < 1.29 is 19.1 Å². The number of hydrogen-bond donors (Lipinski definition) is 0. The van der Waals surface area contributed by atoms with Gasteiger partial charge < -0.3 is 19.3 Å². The molecule has 7 heteroatoms. The fourth-order valence-electron chi connectivity index (χ4n) is 3.73. The van der Waals surface area contributed by atoms with Gasteiger partial charge in [-0.15, -0.1) is 0 Å². The molecule has 1 heterocycles. The Hall–Kier alpha value is -2.73. The second kappa shape index (κ2) is 11.0. The van der Waals surface area contributed by atoms with Gasteiger partial charge in [0, 0.05) is 32.6 Å². The molecule has 1 saturated heterocycles. The molecule has 2 aromatic rings. The Bertz CT molecular complexity index is 918. The molecule has 0 N–H and O–H groups in total. The van der Waals surface area contributed by atoms with Gasteiger partial charge >= 0.3 is 0 Å². The van der Waals surface area contributed by atoms with Crippen molar-refractivity contribution in [2.45, 2.75) is 26.2 Å². The molecule has 31 heavy (non-hydrogen) atoms. The van der Waals surface area contributed by atoms with E-state index >= 15 is 0 Å². The minimum Gasteiger partial charge on any atom is -0.493 e. The number of amides is 2. The molecule has 0 spiro atoms. The predicted octanol–water partition coefficient (Wildman–Crippen LogP) is 4.05. The van der Waals surface area contributed by atoms with Gasteiger partial charge in [0.15, 0.2) is 11.5 Å². The van der Waals surface area contributed by atoms with Crippen LogP contribution in [0.4, 0.5) is 0 Å². The molecule has 0 unspecified atom stereocenters. The predicted molar refractivity (Wildman–Crippen MR) is 121 cm³/mol. The third kappa shape index (κ3) is 5.91. The molecule has 0 aromatic heterocycles. The minimum atomic E-state index is -0.0821. The van der Waals surface area contributed by atoms with Crippen LogP contribution in [0.25, 0.3) is 0 Å². The summed E-state index contributed by atoms with van der Waals surface area (Å²) in [7, 11) is 1.61. The van der Waals surface area contributed by atoms with Gasteiger partial charge in [0.1, 0.15) is 0 Å². The molecule has 0 atom stereocenters. The van der Waals surface area contributed by atoms with Crippen LogP contribution in [0.1, 0.15) is 35.7 Å². The summed E-state index contributed by atoms with van der Waals surface area (Å²) in [6, 6.07) is 12.8. The summed E-state index contributed by atoms with van der Waals surface area (Å²) in [5.74, 6) is 1.40. The number of hydrogen-bond acceptors (Lipinski definition) is 4. The fourth-order valence-corrected chi connectivity index (χ4v) is 3.94. The lowest BCUT2D eigenvalue weighted by molar-refractivity contribution is -0.131. The lowest BCUT2D eigenvalue weighted by Crippen LogP contribution is -2.37. The van der Waals surface area contributed by atoms with Gasteiger partial charge in [-0.2, -0.15) is 0 Å². The molecule has 0 bridgehead atoms. The van der Waals surface area contributed by atoms with Gasteiger partial charge in [-0.25, -0.2) is 0 Å². The molecule has 2 aromatic carbocycles. The third-order valence-corrected chi connectivity index (χ3v) is 5.73. The average Bonchev–Trinajstić information content (AvgIpc) is 3.04. The quantitative estimate of drug-likeness (QED) is 0.646. The van der Waals surface area contributed by atoms with Gasteiger partial charge in [-0.05, 0) is 49.6 Å². The van der Waals surface area contributed by atoms with Gasteiger partial charge in [-0.1, -0.05) is 29.8 Å². The first kappa shape index (κ1) is 22.9. The summed E-state index contributed by atoms with van der Waals surface area (Å²) in [6.45, 7) is 4.80. The first-order valence-electron chi connectivity index (χ1n) is 10.6. The number of rotatable bonds is 7. The van der Waals surface area contributed by atoms with Crippen molar-refractivity contribution in [2.75, 3.05) is 39.9 Å². The molecule has 1 fully saturated rings. The van der Waals surface area contributed by atoms with E-state index in [9.17, 15) is 9.59 Å². The Morgan fingerprint density at radius 3 is 2.48 bits per heavy atom. The Morgan fingerprint density at radius 2 is 1.74 bits per heavy atom. The van der Waals surface area contributed by atoms with E-state index < -0.39 is 0 Å². The molecule has 1 aliphatic rings. The lowest BCUT2D eigenvalue weighted by atomic mass is 10.1. The normalized spacial score (nSPS) is 14.2. The van der Waals surface area contributed by atoms with Crippen LogP contribution >= 0.6 is 11.6 Å². The molecule has 0 aliphatic carbocycles. The van der Waals surface area contributed by atoms with Gasteiger partial charge in [0.05, 0.1) is 24.3 Å². The van der Waals surface area contributed by atoms with Crippen molar-refractivity contribution in [3.8, 4) is 11.5 Å². The zero-order chi connectivity index (χ0) is 22.2. The molecule has 166 valence electrons. The van der Waals surface area contributed by atoms with Crippen molar-refractivity contribution in [3.05, 3.63) is 58.6 Å². The first-order valence-corrected chi connectivity index (χ1v) is 11.0. The van der Waals surface area contributed by atoms with Crippen LogP contribution in [-0.2, 0) is 11.2 Å². The van der Waals surface area contributed by atoms with Crippen LogP contribution in [0.5, 0.6) is 11.5 Å². The summed E-state index contributed by atoms with van der Waals surface area (Å²) in [4.78, 5) is 29.2. The van der Waals surface area contributed by atoms with Crippen LogP contribution in [0.3, 0.4) is 0 Å². The molecule has 2 amide bonds. The van der Waals surface area contributed by atoms with Crippen LogP contribution in [-0.4, -0.2) is 61.5 Å². The van der Waals surface area contributed by atoms with Crippen LogP contribution in [0, 0.1) is 0 Å². The topological polar surface area (TPSA) is 59.1 Å². The van der Waals surface area contributed by atoms with Crippen molar-refractivity contribution in [3.63, 3.8) is 0 Å². The SMILES string of the molecule is CCOc1ccc(CCC(=O)N2CCCN(C(=O)c3ccccc3Cl)CC2)cc1OC. The summed E-state index contributed by atoms with van der Waals surface area (Å²) in [5, 5.41) is 0.454. The van der Waals surface area contributed by atoms with Gasteiger partial charge in [0.25, 0.3) is 5.91 Å². The number of methoxy groups -OCH3 is 1. The number of nitrogens with zero attached hydrogens (tertiary/aromatic N) is 2. The highest BCUT2D eigenvalue weighted by Crippen LogP contribution is 2.28. The van der Waals surface area contributed by atoms with E-state index in [2.05, 4.69) is 0 Å². The Kier molecular flexibility index (Phi) is 8.18. The zero-order valence-corrected chi connectivity index (χ0v) is 18.9. The van der Waals surface area contributed by atoms with E-state index in [0.29, 0.717) is 67.7 Å². The maximum absolute atomic E-state index is 12.8. The fraction of sp³-hybridized carbons (Fsp3) is 0.417. The van der Waals surface area contributed by atoms with E-state index in [1.54, 1.807) is 24.1 Å². The van der Waals surface area contributed by atoms with E-state index in [1.807, 2.05) is 42.2 Å². The number of benzene rings is 2. The number of carbonyl (C=O) groups is 2. The zero-order valence-electron chi connectivity index (χ0n) is 18.1. The van der Waals surface area contributed by atoms with E-state index in [0.717, 1.165) is 12.0 Å². The highest BCUT2D eigenvalue weighted by molar-refractivity contribution is 6.33. The Balaban J connectivity index is 1.55. The largest absolute Gasteiger partial charge is 0.493 e. The summed E-state index contributed by atoms with van der Waals surface area (Å²) in [5.41, 5.74) is 1.53. The second-order valence-corrected chi connectivity index (χ2v) is 7.83. The van der Waals surface area contributed by atoms with Crippen LogP contribution in [0.15, 0.2) is 42.5 Å². The van der Waals surface area contributed by atoms with Crippen molar-refractivity contribution in [2.24, 2.45) is 0 Å². The van der Waals surface area contributed by atoms with Crippen molar-refractivity contribution >= 4 is 23.4 Å². The highest BCUT2D eigenvalue weighted by atomic mass is 35.5. The number of ether oxygens (including phenoxy) is 2. The molecular weight excluding hydrogens is 416 g/mol. The average molecular weight is 445 g/mol. The van der Waals surface area contributed by atoms with E-state index in [-0.39, 0.29) is 11.8 Å². The number of carbonyl (C=O) groups excluding carboxylic acids is 2. The minimum absolute atomic E-state index is 0.0821. The Labute approximate surface area is 188 Å². The first-order chi connectivity index (χ1) is 15.0. The second-order valence-electron chi connectivity index (χ2n) is 7.42. The maximum atomic E-state index is 12.8. The standard InChI is InChI=1S/C24H29ClN2O4/c1-3-31-21-11-9-18(17-22(21)30-2)10-12-23(28)26-13-6-14-27(16-15-26)24(29)19-7-4-5-8-20(19)25/h4-5,7-9,11,17H,3,6,10,12-16H2,1-2H3. The third-order valence-electron chi connectivity index (χ3n) is 5.40. The van der Waals surface area contributed by atoms with E-state index in [4.69, 9.17) is 21.1 Å². The monoisotopic (exact) mass is 444 g/mol. The van der Waals surface area contributed by atoms with Crippen molar-refractivity contribution in [1.29, 1.82) is 0 Å². The smallest absolute Gasteiger partial charge is 0.255 e. The molecular formula is C24H29ClN2O4. The molecule has 1 aliphatic heterocycles. The van der Waals surface area contributed by atoms with Crippen molar-refractivity contribution in [1.82, 2.24) is 9.80 Å². The van der Waals surface area contributed by atoms with Crippen LogP contribution in [0.2, 0.25) is 5.02 Å². The van der Waals surface area contributed by atoms with Gasteiger partial charge in [0.2, 0.25) is 5.91 Å². The maximum Gasteiger partial charge on any atom is 0.255 e. The summed E-state index contributed by atoms with van der Waals surface area (Å²) < 4.78 is 10.9. The van der Waals surface area contributed by atoms with Gasteiger partial charge in [-0.3, -0.25) is 9.59 Å². The number of aryl methyl sites for hydroxylation is 1. The molecule has 3 rings (SSSR count). The molecule has 0 saturated carbocycles.